The van der Waals surface area contributed by atoms with E-state index in [9.17, 15) is 10.1 Å². The van der Waals surface area contributed by atoms with Gasteiger partial charge in [0, 0.05) is 23.9 Å². The van der Waals surface area contributed by atoms with E-state index in [0.29, 0.717) is 17.2 Å². The molecule has 6 heteroatoms. The molecule has 1 aromatic carbocycles. The second-order valence-corrected chi connectivity index (χ2v) is 4.98. The summed E-state index contributed by atoms with van der Waals surface area (Å²) in [5.74, 6) is 0.785. The van der Waals surface area contributed by atoms with Crippen molar-refractivity contribution in [3.63, 3.8) is 0 Å². The van der Waals surface area contributed by atoms with Crippen LogP contribution in [0, 0.1) is 24.0 Å². The fraction of sp³-hybridized carbons (Fsp3) is 0.267. The van der Waals surface area contributed by atoms with E-state index in [0.717, 1.165) is 11.1 Å². The molecule has 1 atom stereocenters. The lowest BCUT2D eigenvalue weighted by Gasteiger charge is -2.11. The third-order valence-corrected chi connectivity index (χ3v) is 3.19. The number of nitrogens with zero attached hydrogens (tertiary/aromatic N) is 2. The van der Waals surface area contributed by atoms with Crippen molar-refractivity contribution in [3.05, 3.63) is 57.3 Å². The molecule has 21 heavy (non-hydrogen) atoms. The zero-order valence-electron chi connectivity index (χ0n) is 12.2. The molecule has 2 aromatic rings. The maximum Gasteiger partial charge on any atom is 0.276 e. The smallest absolute Gasteiger partial charge is 0.276 e. The summed E-state index contributed by atoms with van der Waals surface area (Å²) in [7, 11) is 0. The number of nitro groups is 1. The van der Waals surface area contributed by atoms with Crippen molar-refractivity contribution in [1.82, 2.24) is 4.98 Å². The van der Waals surface area contributed by atoms with E-state index in [2.05, 4.69) is 4.98 Å². The first-order chi connectivity index (χ1) is 9.88. The number of aryl methyl sites for hydroxylation is 2. The first-order valence-corrected chi connectivity index (χ1v) is 6.53. The number of rotatable bonds is 4. The van der Waals surface area contributed by atoms with Crippen molar-refractivity contribution in [3.8, 4) is 11.6 Å². The minimum absolute atomic E-state index is 0.0268. The second-order valence-electron chi connectivity index (χ2n) is 4.98. The standard InChI is InChI=1S/C15H17N3O3/c1-9-6-10(2)14(8-13(9)18(19)20)21-15-7-12(11(3)16)4-5-17-15/h4-8,11H,16H2,1-3H3/t11-/m0/s1. The van der Waals surface area contributed by atoms with Crippen LogP contribution >= 0.6 is 0 Å². The first-order valence-electron chi connectivity index (χ1n) is 6.53. The number of hydrogen-bond donors (Lipinski definition) is 1. The van der Waals surface area contributed by atoms with Crippen LogP contribution in [0.15, 0.2) is 30.5 Å². The highest BCUT2D eigenvalue weighted by Crippen LogP contribution is 2.31. The van der Waals surface area contributed by atoms with Gasteiger partial charge < -0.3 is 10.5 Å². The average molecular weight is 287 g/mol. The van der Waals surface area contributed by atoms with Crippen molar-refractivity contribution < 1.29 is 9.66 Å². The number of benzene rings is 1. The molecule has 0 saturated heterocycles. The third kappa shape index (κ3) is 3.35. The van der Waals surface area contributed by atoms with Crippen molar-refractivity contribution >= 4 is 5.69 Å². The van der Waals surface area contributed by atoms with Gasteiger partial charge >= 0.3 is 0 Å². The third-order valence-electron chi connectivity index (χ3n) is 3.19. The maximum atomic E-state index is 11.0. The summed E-state index contributed by atoms with van der Waals surface area (Å²) < 4.78 is 5.67. The largest absolute Gasteiger partial charge is 0.438 e. The second kappa shape index (κ2) is 5.88. The van der Waals surface area contributed by atoms with E-state index < -0.39 is 4.92 Å². The molecular weight excluding hydrogens is 270 g/mol. The lowest BCUT2D eigenvalue weighted by molar-refractivity contribution is -0.385. The Morgan fingerprint density at radius 2 is 2.00 bits per heavy atom. The van der Waals surface area contributed by atoms with Crippen molar-refractivity contribution in [2.24, 2.45) is 5.73 Å². The SMILES string of the molecule is Cc1cc(C)c([N+](=O)[O-])cc1Oc1cc([C@H](C)N)ccn1. The number of nitrogens with two attached hydrogens (primary N) is 1. The summed E-state index contributed by atoms with van der Waals surface area (Å²) in [6.45, 7) is 5.40. The molecule has 6 nitrogen and oxygen atoms in total. The molecule has 2 N–H and O–H groups in total. The Morgan fingerprint density at radius 3 is 2.62 bits per heavy atom. The molecule has 0 fully saturated rings. The van der Waals surface area contributed by atoms with E-state index in [-0.39, 0.29) is 11.7 Å². The topological polar surface area (TPSA) is 91.3 Å². The van der Waals surface area contributed by atoms with E-state index in [4.69, 9.17) is 10.5 Å². The molecule has 0 unspecified atom stereocenters. The van der Waals surface area contributed by atoms with Gasteiger partial charge in [-0.3, -0.25) is 10.1 Å². The lowest BCUT2D eigenvalue weighted by Crippen LogP contribution is -2.05. The number of aromatic nitrogens is 1. The van der Waals surface area contributed by atoms with Crippen LogP contribution in [0.4, 0.5) is 5.69 Å². The predicted molar refractivity (Wildman–Crippen MR) is 79.5 cm³/mol. The van der Waals surface area contributed by atoms with Crippen LogP contribution in [-0.2, 0) is 0 Å². The zero-order chi connectivity index (χ0) is 15.6. The summed E-state index contributed by atoms with van der Waals surface area (Å²) in [5, 5.41) is 11.0. The predicted octanol–water partition coefficient (Wildman–Crippen LogP) is 3.42. The fourth-order valence-corrected chi connectivity index (χ4v) is 2.00. The summed E-state index contributed by atoms with van der Waals surface area (Å²) in [6.07, 6.45) is 1.60. The molecule has 0 aliphatic carbocycles. The highest BCUT2D eigenvalue weighted by Gasteiger charge is 2.15. The van der Waals surface area contributed by atoms with Crippen LogP contribution in [0.2, 0.25) is 0 Å². The minimum Gasteiger partial charge on any atom is -0.438 e. The van der Waals surface area contributed by atoms with Gasteiger partial charge in [0.15, 0.2) is 0 Å². The van der Waals surface area contributed by atoms with Gasteiger partial charge in [-0.25, -0.2) is 4.98 Å². The number of nitro benzene ring substituents is 1. The molecule has 0 bridgehead atoms. The highest BCUT2D eigenvalue weighted by atomic mass is 16.6. The molecule has 1 aromatic heterocycles. The number of pyridine rings is 1. The molecule has 2 rings (SSSR count). The Morgan fingerprint density at radius 1 is 1.29 bits per heavy atom. The summed E-state index contributed by atoms with van der Waals surface area (Å²) in [4.78, 5) is 14.7. The molecule has 1 heterocycles. The summed E-state index contributed by atoms with van der Waals surface area (Å²) in [6, 6.07) is 6.55. The molecule has 0 saturated carbocycles. The Labute approximate surface area is 122 Å². The molecule has 0 radical (unpaired) electrons. The van der Waals surface area contributed by atoms with E-state index in [1.807, 2.05) is 19.9 Å². The van der Waals surface area contributed by atoms with E-state index >= 15 is 0 Å². The molecule has 0 aliphatic heterocycles. The Hall–Kier alpha value is -2.47. The van der Waals surface area contributed by atoms with Gasteiger partial charge in [0.05, 0.1) is 11.0 Å². The summed E-state index contributed by atoms with van der Waals surface area (Å²) >= 11 is 0. The minimum atomic E-state index is -0.423. The lowest BCUT2D eigenvalue weighted by atomic mass is 10.1. The highest BCUT2D eigenvalue weighted by molar-refractivity contribution is 5.50. The molecular formula is C15H17N3O3. The van der Waals surface area contributed by atoms with Gasteiger partial charge in [0.2, 0.25) is 5.88 Å². The van der Waals surface area contributed by atoms with Crippen LogP contribution in [0.5, 0.6) is 11.6 Å². The first kappa shape index (κ1) is 14.9. The summed E-state index contributed by atoms with van der Waals surface area (Å²) in [5.41, 5.74) is 8.14. The van der Waals surface area contributed by atoms with Crippen LogP contribution in [0.1, 0.15) is 29.7 Å². The van der Waals surface area contributed by atoms with Crippen LogP contribution in [-0.4, -0.2) is 9.91 Å². The van der Waals surface area contributed by atoms with E-state index in [1.165, 1.54) is 6.07 Å². The van der Waals surface area contributed by atoms with Gasteiger partial charge in [0.25, 0.3) is 5.69 Å². The molecule has 0 amide bonds. The average Bonchev–Trinajstić information content (AvgIpc) is 2.41. The maximum absolute atomic E-state index is 11.0. The molecule has 110 valence electrons. The van der Waals surface area contributed by atoms with Gasteiger partial charge in [-0.15, -0.1) is 0 Å². The monoisotopic (exact) mass is 287 g/mol. The van der Waals surface area contributed by atoms with Crippen LogP contribution in [0.3, 0.4) is 0 Å². The van der Waals surface area contributed by atoms with Crippen LogP contribution < -0.4 is 10.5 Å². The normalized spacial score (nSPS) is 12.0. The van der Waals surface area contributed by atoms with Gasteiger partial charge in [-0.05, 0) is 44.0 Å². The van der Waals surface area contributed by atoms with Gasteiger partial charge in [-0.2, -0.15) is 0 Å². The quantitative estimate of drug-likeness (QED) is 0.687. The zero-order valence-corrected chi connectivity index (χ0v) is 12.2. The Kier molecular flexibility index (Phi) is 4.18. The van der Waals surface area contributed by atoms with Crippen molar-refractivity contribution in [1.29, 1.82) is 0 Å². The van der Waals surface area contributed by atoms with Gasteiger partial charge in [-0.1, -0.05) is 0 Å². The number of hydrogen-bond acceptors (Lipinski definition) is 5. The Bertz CT molecular complexity index is 684. The van der Waals surface area contributed by atoms with Gasteiger partial charge in [0.1, 0.15) is 5.75 Å². The number of ether oxygens (including phenoxy) is 1. The van der Waals surface area contributed by atoms with Crippen molar-refractivity contribution in [2.75, 3.05) is 0 Å². The molecule has 0 aliphatic rings. The van der Waals surface area contributed by atoms with E-state index in [1.54, 1.807) is 25.3 Å². The molecule has 0 spiro atoms. The Balaban J connectivity index is 2.37. The van der Waals surface area contributed by atoms with Crippen molar-refractivity contribution in [2.45, 2.75) is 26.8 Å². The van der Waals surface area contributed by atoms with Crippen LogP contribution in [0.25, 0.3) is 0 Å². The fourth-order valence-electron chi connectivity index (χ4n) is 2.00.